The van der Waals surface area contributed by atoms with Crippen molar-refractivity contribution in [3.8, 4) is 17.2 Å². The number of aromatic hydroxyl groups is 3. The molecular weight excluding hydrogens is 519 g/mol. The van der Waals surface area contributed by atoms with Gasteiger partial charge in [-0.3, -0.25) is 15.0 Å². The number of hydrogen-bond donors (Lipinski definition) is 3. The van der Waals surface area contributed by atoms with E-state index in [-0.39, 0.29) is 41.5 Å². The molecule has 0 fully saturated rings. The zero-order valence-corrected chi connectivity index (χ0v) is 23.4. The van der Waals surface area contributed by atoms with E-state index in [0.29, 0.717) is 22.3 Å². The van der Waals surface area contributed by atoms with Crippen molar-refractivity contribution in [2.45, 2.75) is 53.3 Å². The second kappa shape index (κ2) is 11.9. The monoisotopic (exact) mass is 553 g/mol. The number of aryl methyl sites for hydroxylation is 5. The van der Waals surface area contributed by atoms with E-state index in [2.05, 4.69) is 15.0 Å². The molecule has 0 unspecified atom stereocenters. The summed E-state index contributed by atoms with van der Waals surface area (Å²) in [5.74, 6) is -0.0771. The maximum Gasteiger partial charge on any atom is 0.416 e. The summed E-state index contributed by atoms with van der Waals surface area (Å²) < 4.78 is 39.9. The molecule has 3 rings (SSSR count). The van der Waals surface area contributed by atoms with E-state index < -0.39 is 17.3 Å². The lowest BCUT2D eigenvalue weighted by atomic mass is 10.0. The summed E-state index contributed by atoms with van der Waals surface area (Å²) >= 11 is 0. The van der Waals surface area contributed by atoms with Gasteiger partial charge in [0.05, 0.1) is 24.2 Å². The highest BCUT2D eigenvalue weighted by atomic mass is 19.4. The molecule has 0 aromatic heterocycles. The van der Waals surface area contributed by atoms with Gasteiger partial charge in [0.25, 0.3) is 0 Å². The van der Waals surface area contributed by atoms with Gasteiger partial charge < -0.3 is 15.3 Å². The predicted molar refractivity (Wildman–Crippen MR) is 154 cm³/mol. The summed E-state index contributed by atoms with van der Waals surface area (Å²) in [6.45, 7) is 10.7. The Balaban J connectivity index is 1.96. The first-order valence-corrected chi connectivity index (χ1v) is 12.7. The van der Waals surface area contributed by atoms with Gasteiger partial charge in [0.2, 0.25) is 0 Å². The molecule has 0 heterocycles. The van der Waals surface area contributed by atoms with Gasteiger partial charge in [-0.15, -0.1) is 0 Å². The third-order valence-electron chi connectivity index (χ3n) is 6.45. The fraction of sp³-hybridized carbons (Fsp3) is 0.323. The Labute approximate surface area is 232 Å². The van der Waals surface area contributed by atoms with Crippen molar-refractivity contribution in [1.82, 2.24) is 0 Å². The SMILES string of the molecule is Cc1cc(C)c(O)c(C=NC[C@@](C)(CN=Cc2cc(C(F)(F)F)cc(C)c2O)N=Cc2cc(C)cc(C)c2O)c1. The van der Waals surface area contributed by atoms with E-state index in [1.54, 1.807) is 39.1 Å². The van der Waals surface area contributed by atoms with Crippen LogP contribution in [-0.2, 0) is 6.18 Å². The van der Waals surface area contributed by atoms with Crippen molar-refractivity contribution in [3.63, 3.8) is 0 Å². The van der Waals surface area contributed by atoms with Crippen molar-refractivity contribution in [1.29, 1.82) is 0 Å². The number of halogens is 3. The van der Waals surface area contributed by atoms with E-state index in [4.69, 9.17) is 0 Å². The summed E-state index contributed by atoms with van der Waals surface area (Å²) in [5, 5.41) is 31.2. The molecule has 0 aliphatic carbocycles. The molecule has 0 saturated carbocycles. The molecule has 9 heteroatoms. The summed E-state index contributed by atoms with van der Waals surface area (Å²) in [4.78, 5) is 13.5. The minimum atomic E-state index is -4.57. The third-order valence-corrected chi connectivity index (χ3v) is 6.45. The lowest BCUT2D eigenvalue weighted by Gasteiger charge is -2.21. The van der Waals surface area contributed by atoms with E-state index in [1.807, 2.05) is 26.0 Å². The second-order valence-electron chi connectivity index (χ2n) is 10.5. The molecule has 6 nitrogen and oxygen atoms in total. The number of benzene rings is 3. The first-order chi connectivity index (χ1) is 18.6. The third kappa shape index (κ3) is 7.49. The van der Waals surface area contributed by atoms with Crippen LogP contribution >= 0.6 is 0 Å². The van der Waals surface area contributed by atoms with Gasteiger partial charge in [-0.25, -0.2) is 0 Å². The van der Waals surface area contributed by atoms with Gasteiger partial charge in [0.15, 0.2) is 0 Å². The Morgan fingerprint density at radius 1 is 0.625 bits per heavy atom. The molecule has 0 aliphatic heterocycles. The topological polar surface area (TPSA) is 97.8 Å². The van der Waals surface area contributed by atoms with Crippen molar-refractivity contribution < 1.29 is 28.5 Å². The van der Waals surface area contributed by atoms with Crippen LogP contribution in [0.1, 0.15) is 57.0 Å². The Kier molecular flexibility index (Phi) is 9.07. The summed E-state index contributed by atoms with van der Waals surface area (Å²) in [7, 11) is 0. The van der Waals surface area contributed by atoms with Crippen molar-refractivity contribution >= 4 is 18.6 Å². The zero-order valence-electron chi connectivity index (χ0n) is 23.4. The maximum absolute atomic E-state index is 13.3. The molecule has 0 saturated heterocycles. The summed E-state index contributed by atoms with van der Waals surface area (Å²) in [6.07, 6.45) is -0.301. The quantitative estimate of drug-likeness (QED) is 0.268. The van der Waals surface area contributed by atoms with Crippen LogP contribution in [0.2, 0.25) is 0 Å². The normalized spacial score (nSPS) is 14.0. The highest BCUT2D eigenvalue weighted by Crippen LogP contribution is 2.34. The fourth-order valence-corrected chi connectivity index (χ4v) is 4.29. The van der Waals surface area contributed by atoms with Crippen LogP contribution in [0.4, 0.5) is 13.2 Å². The minimum Gasteiger partial charge on any atom is -0.507 e. The van der Waals surface area contributed by atoms with Crippen LogP contribution < -0.4 is 0 Å². The molecule has 3 N–H and O–H groups in total. The predicted octanol–water partition coefficient (Wildman–Crippen LogP) is 6.78. The van der Waals surface area contributed by atoms with Gasteiger partial charge in [0, 0.05) is 35.3 Å². The number of alkyl halides is 3. The minimum absolute atomic E-state index is 0.0138. The van der Waals surface area contributed by atoms with Crippen LogP contribution in [-0.4, -0.2) is 52.6 Å². The van der Waals surface area contributed by atoms with E-state index in [1.165, 1.54) is 19.4 Å². The number of phenols is 3. The van der Waals surface area contributed by atoms with E-state index in [0.717, 1.165) is 23.3 Å². The Bertz CT molecular complexity index is 1490. The van der Waals surface area contributed by atoms with Crippen LogP contribution in [0.3, 0.4) is 0 Å². The smallest absolute Gasteiger partial charge is 0.416 e. The molecular formula is C31H34F3N3O3. The Morgan fingerprint density at radius 3 is 1.48 bits per heavy atom. The summed E-state index contributed by atoms with van der Waals surface area (Å²) in [5.41, 5.74) is 2.53. The molecule has 212 valence electrons. The van der Waals surface area contributed by atoms with E-state index >= 15 is 0 Å². The van der Waals surface area contributed by atoms with Crippen LogP contribution in [0.25, 0.3) is 0 Å². The van der Waals surface area contributed by atoms with Gasteiger partial charge >= 0.3 is 6.18 Å². The standard InChI is InChI=1S/C31H34F3N3O3/c1-18-7-20(3)27(38)23(9-18)13-35-16-30(6,37-15-24-10-19(2)8-21(4)28(24)39)17-36-14-25-12-26(31(32,33)34)11-22(5)29(25)40/h7-15,38-40H,16-17H2,1-6H3/t30-/m0/s1. The number of phenolic OH excluding ortho intramolecular Hbond substituents is 3. The van der Waals surface area contributed by atoms with Gasteiger partial charge in [-0.05, 0) is 93.6 Å². The molecule has 3 aromatic rings. The van der Waals surface area contributed by atoms with Crippen LogP contribution in [0.15, 0.2) is 51.4 Å². The summed E-state index contributed by atoms with van der Waals surface area (Å²) in [6, 6.07) is 9.03. The lowest BCUT2D eigenvalue weighted by Crippen LogP contribution is -2.30. The number of rotatable bonds is 8. The van der Waals surface area contributed by atoms with Gasteiger partial charge in [-0.2, -0.15) is 13.2 Å². The molecule has 0 bridgehead atoms. The first-order valence-electron chi connectivity index (χ1n) is 12.7. The molecule has 3 aromatic carbocycles. The van der Waals surface area contributed by atoms with Gasteiger partial charge in [-0.1, -0.05) is 12.1 Å². The number of aliphatic imine (C=N–C) groups is 3. The maximum atomic E-state index is 13.3. The zero-order chi connectivity index (χ0) is 29.8. The molecule has 0 amide bonds. The molecule has 1 atom stereocenters. The number of hydrogen-bond acceptors (Lipinski definition) is 6. The van der Waals surface area contributed by atoms with E-state index in [9.17, 15) is 28.5 Å². The van der Waals surface area contributed by atoms with Crippen LogP contribution in [0.5, 0.6) is 17.2 Å². The van der Waals surface area contributed by atoms with Crippen molar-refractivity contribution in [2.75, 3.05) is 13.1 Å². The number of nitrogens with zero attached hydrogens (tertiary/aromatic N) is 3. The highest BCUT2D eigenvalue weighted by Gasteiger charge is 2.31. The average molecular weight is 554 g/mol. The fourth-order valence-electron chi connectivity index (χ4n) is 4.29. The first kappa shape index (κ1) is 30.4. The molecule has 40 heavy (non-hydrogen) atoms. The highest BCUT2D eigenvalue weighted by molar-refractivity contribution is 5.86. The Morgan fingerprint density at radius 2 is 1.02 bits per heavy atom. The van der Waals surface area contributed by atoms with Crippen molar-refractivity contribution in [3.05, 3.63) is 86.5 Å². The van der Waals surface area contributed by atoms with Crippen LogP contribution in [0, 0.1) is 34.6 Å². The lowest BCUT2D eigenvalue weighted by molar-refractivity contribution is -0.137. The second-order valence-corrected chi connectivity index (χ2v) is 10.5. The largest absolute Gasteiger partial charge is 0.507 e. The van der Waals surface area contributed by atoms with Crippen molar-refractivity contribution in [2.24, 2.45) is 15.0 Å². The molecule has 0 aliphatic rings. The Hall–Kier alpha value is -4.14. The molecule has 0 spiro atoms. The van der Waals surface area contributed by atoms with Gasteiger partial charge in [0.1, 0.15) is 17.2 Å². The molecule has 0 radical (unpaired) electrons. The average Bonchev–Trinajstić information content (AvgIpc) is 2.85.